The fourth-order valence-corrected chi connectivity index (χ4v) is 2.90. The molecule has 0 aliphatic rings. The molecule has 128 valence electrons. The van der Waals surface area contributed by atoms with E-state index in [1.807, 2.05) is 30.3 Å². The summed E-state index contributed by atoms with van der Waals surface area (Å²) in [6.07, 6.45) is 0. The van der Waals surface area contributed by atoms with Crippen LogP contribution in [0.2, 0.25) is 5.02 Å². The number of carbonyl (C=O) groups excluding carboxylic acids is 1. The van der Waals surface area contributed by atoms with Crippen LogP contribution in [0.1, 0.15) is 27.4 Å². The molecule has 0 fully saturated rings. The van der Waals surface area contributed by atoms with Crippen LogP contribution in [-0.4, -0.2) is 5.91 Å². The zero-order chi connectivity index (χ0) is 18.5. The van der Waals surface area contributed by atoms with Gasteiger partial charge in [-0.15, -0.1) is 0 Å². The molecule has 0 bridgehead atoms. The van der Waals surface area contributed by atoms with Crippen molar-refractivity contribution in [1.82, 2.24) is 0 Å². The summed E-state index contributed by atoms with van der Waals surface area (Å²) in [6, 6.07) is 21.9. The summed E-state index contributed by atoms with van der Waals surface area (Å²) in [5.41, 5.74) is 2.35. The lowest BCUT2D eigenvalue weighted by Gasteiger charge is -2.13. The quantitative estimate of drug-likeness (QED) is 0.675. The van der Waals surface area contributed by atoms with E-state index >= 15 is 0 Å². The second-order valence-electron chi connectivity index (χ2n) is 5.67. The maximum Gasteiger partial charge on any atom is 0.255 e. The minimum Gasteiger partial charge on any atom is -0.322 e. The summed E-state index contributed by atoms with van der Waals surface area (Å²) < 4.78 is 12.9. The Morgan fingerprint density at radius 2 is 1.73 bits per heavy atom. The smallest absolute Gasteiger partial charge is 0.255 e. The number of nitriles is 1. The van der Waals surface area contributed by atoms with Crippen LogP contribution >= 0.6 is 11.6 Å². The molecule has 0 spiro atoms. The average Bonchev–Trinajstić information content (AvgIpc) is 2.65. The summed E-state index contributed by atoms with van der Waals surface area (Å²) in [5, 5.41) is 12.6. The van der Waals surface area contributed by atoms with E-state index in [2.05, 4.69) is 11.4 Å². The van der Waals surface area contributed by atoms with E-state index in [-0.39, 0.29) is 5.91 Å². The Bertz CT molecular complexity index is 966. The molecule has 1 amide bonds. The summed E-state index contributed by atoms with van der Waals surface area (Å²) in [7, 11) is 0. The van der Waals surface area contributed by atoms with Crippen molar-refractivity contribution >= 4 is 23.2 Å². The van der Waals surface area contributed by atoms with E-state index in [9.17, 15) is 14.4 Å². The van der Waals surface area contributed by atoms with E-state index in [0.717, 1.165) is 5.56 Å². The van der Waals surface area contributed by atoms with Gasteiger partial charge >= 0.3 is 0 Å². The fourth-order valence-electron chi connectivity index (χ4n) is 2.61. The highest BCUT2D eigenvalue weighted by Crippen LogP contribution is 2.31. The van der Waals surface area contributed by atoms with Crippen LogP contribution in [0.3, 0.4) is 0 Å². The average molecular weight is 365 g/mol. The third kappa shape index (κ3) is 3.90. The second-order valence-corrected chi connectivity index (χ2v) is 6.08. The Kier molecular flexibility index (Phi) is 5.31. The first kappa shape index (κ1) is 17.7. The summed E-state index contributed by atoms with van der Waals surface area (Å²) in [6.45, 7) is 0. The monoisotopic (exact) mass is 364 g/mol. The normalized spacial score (nSPS) is 11.4. The van der Waals surface area contributed by atoms with Gasteiger partial charge in [0.1, 0.15) is 5.82 Å². The Morgan fingerprint density at radius 3 is 2.35 bits per heavy atom. The molecule has 1 atom stereocenters. The van der Waals surface area contributed by atoms with Crippen molar-refractivity contribution in [2.24, 2.45) is 0 Å². The number of carbonyl (C=O) groups is 1. The predicted molar refractivity (Wildman–Crippen MR) is 99.7 cm³/mol. The largest absolute Gasteiger partial charge is 0.322 e. The van der Waals surface area contributed by atoms with Gasteiger partial charge in [0, 0.05) is 16.3 Å². The molecule has 3 aromatic rings. The van der Waals surface area contributed by atoms with Gasteiger partial charge in [0.15, 0.2) is 0 Å². The molecule has 0 aliphatic carbocycles. The number of nitrogens with zero attached hydrogens (tertiary/aromatic N) is 1. The second kappa shape index (κ2) is 7.81. The number of hydrogen-bond donors (Lipinski definition) is 1. The molecular weight excluding hydrogens is 351 g/mol. The van der Waals surface area contributed by atoms with Crippen LogP contribution in [0, 0.1) is 17.1 Å². The Balaban J connectivity index is 1.82. The van der Waals surface area contributed by atoms with Gasteiger partial charge in [-0.1, -0.05) is 48.0 Å². The van der Waals surface area contributed by atoms with E-state index < -0.39 is 11.7 Å². The van der Waals surface area contributed by atoms with Crippen LogP contribution in [-0.2, 0) is 0 Å². The van der Waals surface area contributed by atoms with Gasteiger partial charge < -0.3 is 5.32 Å². The molecule has 0 saturated heterocycles. The number of rotatable bonds is 4. The molecule has 5 heteroatoms. The minimum atomic E-state index is -0.495. The molecule has 0 radical (unpaired) electrons. The molecule has 3 nitrogen and oxygen atoms in total. The van der Waals surface area contributed by atoms with Crippen molar-refractivity contribution in [1.29, 1.82) is 5.26 Å². The van der Waals surface area contributed by atoms with Gasteiger partial charge in [-0.2, -0.15) is 5.26 Å². The van der Waals surface area contributed by atoms with Crippen LogP contribution in [0.4, 0.5) is 10.1 Å². The van der Waals surface area contributed by atoms with Gasteiger partial charge in [-0.3, -0.25) is 4.79 Å². The van der Waals surface area contributed by atoms with Crippen molar-refractivity contribution in [3.05, 3.63) is 100 Å². The number of hydrogen-bond acceptors (Lipinski definition) is 2. The zero-order valence-electron chi connectivity index (χ0n) is 13.6. The molecule has 3 rings (SSSR count). The van der Waals surface area contributed by atoms with Crippen molar-refractivity contribution in [2.45, 2.75) is 5.92 Å². The molecular formula is C21H14ClFN2O. The van der Waals surface area contributed by atoms with Crippen molar-refractivity contribution < 1.29 is 9.18 Å². The highest BCUT2D eigenvalue weighted by Gasteiger charge is 2.17. The van der Waals surface area contributed by atoms with Gasteiger partial charge in [0.2, 0.25) is 0 Å². The third-order valence-corrected chi connectivity index (χ3v) is 4.27. The molecule has 0 unspecified atom stereocenters. The molecule has 0 aromatic heterocycles. The molecule has 3 aromatic carbocycles. The number of anilines is 1. The first-order valence-electron chi connectivity index (χ1n) is 7.89. The van der Waals surface area contributed by atoms with Gasteiger partial charge in [-0.25, -0.2) is 4.39 Å². The molecule has 0 saturated carbocycles. The third-order valence-electron chi connectivity index (χ3n) is 3.94. The topological polar surface area (TPSA) is 52.9 Å². The van der Waals surface area contributed by atoms with E-state index in [0.29, 0.717) is 21.8 Å². The number of benzene rings is 3. The maximum atomic E-state index is 12.9. The Hall–Kier alpha value is -3.16. The molecule has 0 aliphatic heterocycles. The van der Waals surface area contributed by atoms with E-state index in [1.165, 1.54) is 24.3 Å². The predicted octanol–water partition coefficient (Wildman–Crippen LogP) is 5.39. The lowest BCUT2D eigenvalue weighted by atomic mass is 9.92. The lowest BCUT2D eigenvalue weighted by Crippen LogP contribution is -2.12. The van der Waals surface area contributed by atoms with Crippen LogP contribution in [0.5, 0.6) is 0 Å². The highest BCUT2D eigenvalue weighted by atomic mass is 35.5. The van der Waals surface area contributed by atoms with Crippen molar-refractivity contribution in [3.8, 4) is 6.07 Å². The molecule has 26 heavy (non-hydrogen) atoms. The van der Waals surface area contributed by atoms with Crippen molar-refractivity contribution in [3.63, 3.8) is 0 Å². The first-order chi connectivity index (χ1) is 12.6. The Morgan fingerprint density at radius 1 is 1.04 bits per heavy atom. The number of nitrogens with one attached hydrogen (secondary N) is 1. The minimum absolute atomic E-state index is 0.339. The molecule has 0 heterocycles. The van der Waals surface area contributed by atoms with Gasteiger partial charge in [0.25, 0.3) is 5.91 Å². The standard InChI is InChI=1S/C21H14ClFN2O/c22-20-12-17(25-21(26)15-6-8-16(23)9-7-15)10-11-18(20)19(13-24)14-4-2-1-3-5-14/h1-12,19H,(H,25,26)/t19-/m0/s1. The van der Waals surface area contributed by atoms with E-state index in [4.69, 9.17) is 11.6 Å². The SMILES string of the molecule is N#C[C@@H](c1ccccc1)c1ccc(NC(=O)c2ccc(F)cc2)cc1Cl. The Labute approximate surface area is 155 Å². The van der Waals surface area contributed by atoms with Crippen LogP contribution in [0.25, 0.3) is 0 Å². The number of halogens is 2. The van der Waals surface area contributed by atoms with Crippen molar-refractivity contribution in [2.75, 3.05) is 5.32 Å². The highest BCUT2D eigenvalue weighted by molar-refractivity contribution is 6.32. The lowest BCUT2D eigenvalue weighted by molar-refractivity contribution is 0.102. The summed E-state index contributed by atoms with van der Waals surface area (Å²) in [4.78, 5) is 12.2. The van der Waals surface area contributed by atoms with Gasteiger partial charge in [-0.05, 0) is 47.5 Å². The zero-order valence-corrected chi connectivity index (χ0v) is 14.4. The van der Waals surface area contributed by atoms with Gasteiger partial charge in [0.05, 0.1) is 12.0 Å². The molecule has 1 N–H and O–H groups in total. The van der Waals surface area contributed by atoms with Crippen LogP contribution in [0.15, 0.2) is 72.8 Å². The number of amides is 1. The maximum absolute atomic E-state index is 12.9. The summed E-state index contributed by atoms with van der Waals surface area (Å²) >= 11 is 6.35. The van der Waals surface area contributed by atoms with E-state index in [1.54, 1.807) is 18.2 Å². The first-order valence-corrected chi connectivity index (χ1v) is 8.27. The summed E-state index contributed by atoms with van der Waals surface area (Å²) in [5.74, 6) is -1.27. The fraction of sp³-hybridized carbons (Fsp3) is 0.0476. The van der Waals surface area contributed by atoms with Crippen LogP contribution < -0.4 is 5.32 Å².